The number of rotatable bonds is 7. The zero-order valence-electron chi connectivity index (χ0n) is 16.0. The molecule has 1 unspecified atom stereocenters. The van der Waals surface area contributed by atoms with Crippen molar-refractivity contribution in [3.63, 3.8) is 0 Å². The summed E-state index contributed by atoms with van der Waals surface area (Å²) in [6, 6.07) is 3.99. The Balaban J connectivity index is 1.36. The van der Waals surface area contributed by atoms with Crippen LogP contribution in [0.1, 0.15) is 12.0 Å². The first-order chi connectivity index (χ1) is 13.2. The van der Waals surface area contributed by atoms with E-state index in [0.717, 1.165) is 32.7 Å². The van der Waals surface area contributed by atoms with Crippen LogP contribution in [0.3, 0.4) is 0 Å². The van der Waals surface area contributed by atoms with Crippen LogP contribution in [-0.4, -0.2) is 91.2 Å². The number of ether oxygens (including phenoxy) is 1. The van der Waals surface area contributed by atoms with Crippen LogP contribution in [0, 0.1) is 5.92 Å². The first-order valence-corrected chi connectivity index (χ1v) is 9.56. The number of aromatic nitrogens is 1. The number of piperazine rings is 1. The third-order valence-electron chi connectivity index (χ3n) is 5.19. The predicted octanol–water partition coefficient (Wildman–Crippen LogP) is 0.404. The van der Waals surface area contributed by atoms with Crippen LogP contribution in [0.25, 0.3) is 0 Å². The molecule has 1 aromatic heterocycles. The Hall–Kier alpha value is -2.19. The fraction of sp³-hybridized carbons (Fsp3) is 0.632. The van der Waals surface area contributed by atoms with E-state index in [-0.39, 0.29) is 17.9 Å². The zero-order valence-corrected chi connectivity index (χ0v) is 16.0. The lowest BCUT2D eigenvalue weighted by atomic mass is 10.1. The molecule has 0 aromatic carbocycles. The number of carbonyl (C=O) groups is 2. The summed E-state index contributed by atoms with van der Waals surface area (Å²) in [7, 11) is 1.63. The van der Waals surface area contributed by atoms with Gasteiger partial charge in [-0.05, 0) is 11.6 Å². The molecular formula is C19H29N5O3. The summed E-state index contributed by atoms with van der Waals surface area (Å²) in [4.78, 5) is 34.5. The Labute approximate surface area is 160 Å². The average molecular weight is 375 g/mol. The number of hydrogen-bond donors (Lipinski definition) is 1. The van der Waals surface area contributed by atoms with Crippen LogP contribution in [-0.2, 0) is 16.1 Å². The predicted molar refractivity (Wildman–Crippen MR) is 101 cm³/mol. The molecule has 2 aliphatic rings. The van der Waals surface area contributed by atoms with Gasteiger partial charge in [0.1, 0.15) is 0 Å². The maximum absolute atomic E-state index is 12.4. The van der Waals surface area contributed by atoms with E-state index < -0.39 is 0 Å². The van der Waals surface area contributed by atoms with Gasteiger partial charge in [-0.2, -0.15) is 0 Å². The van der Waals surface area contributed by atoms with Crippen molar-refractivity contribution in [1.82, 2.24) is 25.0 Å². The Morgan fingerprint density at radius 2 is 2.15 bits per heavy atom. The molecule has 0 bridgehead atoms. The van der Waals surface area contributed by atoms with E-state index >= 15 is 0 Å². The van der Waals surface area contributed by atoms with Crippen molar-refractivity contribution in [2.24, 2.45) is 5.92 Å². The van der Waals surface area contributed by atoms with Gasteiger partial charge in [0, 0.05) is 84.2 Å². The fourth-order valence-electron chi connectivity index (χ4n) is 3.61. The van der Waals surface area contributed by atoms with Crippen LogP contribution < -0.4 is 5.32 Å². The lowest BCUT2D eigenvalue weighted by Crippen LogP contribution is -2.52. The highest BCUT2D eigenvalue weighted by Gasteiger charge is 2.30. The summed E-state index contributed by atoms with van der Waals surface area (Å²) >= 11 is 0. The summed E-state index contributed by atoms with van der Waals surface area (Å²) in [6.07, 6.45) is 4.17. The van der Waals surface area contributed by atoms with Crippen LogP contribution in [0.2, 0.25) is 0 Å². The standard InChI is InChI=1S/C19H29N5O3/c1-27-10-9-24-15-17(11-18(24)25)13-21-19(26)23-7-5-22(6-8-23)14-16-3-2-4-20-12-16/h2-4,12,17H,5-11,13-15H2,1H3,(H,21,26). The van der Waals surface area contributed by atoms with Crippen molar-refractivity contribution < 1.29 is 14.3 Å². The highest BCUT2D eigenvalue weighted by Crippen LogP contribution is 2.17. The smallest absolute Gasteiger partial charge is 0.317 e. The number of amides is 3. The number of carbonyl (C=O) groups excluding carboxylic acids is 2. The molecular weight excluding hydrogens is 346 g/mol. The molecule has 0 saturated carbocycles. The molecule has 3 rings (SSSR count). The van der Waals surface area contributed by atoms with Gasteiger partial charge in [-0.25, -0.2) is 4.79 Å². The number of likely N-dealkylation sites (tertiary alicyclic amines) is 1. The van der Waals surface area contributed by atoms with Gasteiger partial charge in [0.05, 0.1) is 6.61 Å². The van der Waals surface area contributed by atoms with Crippen molar-refractivity contribution in [1.29, 1.82) is 0 Å². The largest absolute Gasteiger partial charge is 0.383 e. The molecule has 148 valence electrons. The molecule has 1 aromatic rings. The highest BCUT2D eigenvalue weighted by molar-refractivity contribution is 5.79. The molecule has 0 aliphatic carbocycles. The number of nitrogens with zero attached hydrogens (tertiary/aromatic N) is 4. The minimum Gasteiger partial charge on any atom is -0.383 e. The van der Waals surface area contributed by atoms with Gasteiger partial charge in [0.25, 0.3) is 0 Å². The lowest BCUT2D eigenvalue weighted by Gasteiger charge is -2.34. The van der Waals surface area contributed by atoms with Crippen molar-refractivity contribution in [3.8, 4) is 0 Å². The van der Waals surface area contributed by atoms with Gasteiger partial charge >= 0.3 is 6.03 Å². The van der Waals surface area contributed by atoms with E-state index in [1.807, 2.05) is 22.1 Å². The summed E-state index contributed by atoms with van der Waals surface area (Å²) in [5.41, 5.74) is 1.19. The second-order valence-corrected chi connectivity index (χ2v) is 7.21. The Morgan fingerprint density at radius 1 is 1.33 bits per heavy atom. The second-order valence-electron chi connectivity index (χ2n) is 7.21. The van der Waals surface area contributed by atoms with Crippen molar-refractivity contribution in [2.45, 2.75) is 13.0 Å². The first kappa shape index (κ1) is 19.6. The Morgan fingerprint density at radius 3 is 2.85 bits per heavy atom. The van der Waals surface area contributed by atoms with E-state index in [1.165, 1.54) is 5.56 Å². The second kappa shape index (κ2) is 9.66. The summed E-state index contributed by atoms with van der Waals surface area (Å²) in [5, 5.41) is 3.00. The highest BCUT2D eigenvalue weighted by atomic mass is 16.5. The molecule has 27 heavy (non-hydrogen) atoms. The van der Waals surface area contributed by atoms with Crippen LogP contribution >= 0.6 is 0 Å². The Bertz CT molecular complexity index is 619. The number of pyridine rings is 1. The molecule has 0 spiro atoms. The Kier molecular flexibility index (Phi) is 7.00. The summed E-state index contributed by atoms with van der Waals surface area (Å²) in [6.45, 7) is 6.43. The molecule has 1 N–H and O–H groups in total. The fourth-order valence-corrected chi connectivity index (χ4v) is 3.61. The third-order valence-corrected chi connectivity index (χ3v) is 5.19. The topological polar surface area (TPSA) is 78.0 Å². The van der Waals surface area contributed by atoms with E-state index in [0.29, 0.717) is 32.7 Å². The maximum Gasteiger partial charge on any atom is 0.317 e. The number of urea groups is 1. The van der Waals surface area contributed by atoms with E-state index in [1.54, 1.807) is 13.3 Å². The molecule has 8 nitrogen and oxygen atoms in total. The minimum absolute atomic E-state index is 0.0289. The van der Waals surface area contributed by atoms with Crippen LogP contribution in [0.15, 0.2) is 24.5 Å². The van der Waals surface area contributed by atoms with Crippen molar-refractivity contribution >= 4 is 11.9 Å². The van der Waals surface area contributed by atoms with Crippen molar-refractivity contribution in [3.05, 3.63) is 30.1 Å². The summed E-state index contributed by atoms with van der Waals surface area (Å²) in [5.74, 6) is 0.334. The molecule has 8 heteroatoms. The number of nitrogens with one attached hydrogen (secondary N) is 1. The molecule has 3 amide bonds. The van der Waals surface area contributed by atoms with E-state index in [9.17, 15) is 9.59 Å². The van der Waals surface area contributed by atoms with E-state index in [4.69, 9.17) is 4.74 Å². The van der Waals surface area contributed by atoms with Crippen LogP contribution in [0.5, 0.6) is 0 Å². The van der Waals surface area contributed by atoms with Gasteiger partial charge in [0.15, 0.2) is 0 Å². The van der Waals surface area contributed by atoms with Gasteiger partial charge in [-0.3, -0.25) is 14.7 Å². The van der Waals surface area contributed by atoms with Crippen molar-refractivity contribution in [2.75, 3.05) is 59.5 Å². The lowest BCUT2D eigenvalue weighted by molar-refractivity contribution is -0.128. The van der Waals surface area contributed by atoms with Crippen LogP contribution in [0.4, 0.5) is 4.79 Å². The molecule has 3 heterocycles. The van der Waals surface area contributed by atoms with Gasteiger partial charge in [-0.15, -0.1) is 0 Å². The molecule has 2 fully saturated rings. The quantitative estimate of drug-likeness (QED) is 0.747. The van der Waals surface area contributed by atoms with E-state index in [2.05, 4.69) is 21.3 Å². The molecule has 2 saturated heterocycles. The average Bonchev–Trinajstić information content (AvgIpc) is 3.05. The first-order valence-electron chi connectivity index (χ1n) is 9.56. The SMILES string of the molecule is COCCN1CC(CNC(=O)N2CCN(Cc3cccnc3)CC2)CC1=O. The van der Waals surface area contributed by atoms with Gasteiger partial charge in [-0.1, -0.05) is 6.07 Å². The monoisotopic (exact) mass is 375 g/mol. The maximum atomic E-state index is 12.4. The van der Waals surface area contributed by atoms with Gasteiger partial charge < -0.3 is 19.9 Å². The normalized spacial score (nSPS) is 20.9. The summed E-state index contributed by atoms with van der Waals surface area (Å²) < 4.78 is 5.03. The molecule has 1 atom stereocenters. The number of hydrogen-bond acceptors (Lipinski definition) is 5. The third kappa shape index (κ3) is 5.64. The number of methoxy groups -OCH3 is 1. The molecule has 0 radical (unpaired) electrons. The van der Waals surface area contributed by atoms with Gasteiger partial charge in [0.2, 0.25) is 5.91 Å². The zero-order chi connectivity index (χ0) is 19.1. The molecule has 2 aliphatic heterocycles. The minimum atomic E-state index is -0.0289.